The summed E-state index contributed by atoms with van der Waals surface area (Å²) in [5, 5.41) is 0. The molecule has 0 bridgehead atoms. The van der Waals surface area contributed by atoms with Gasteiger partial charge < -0.3 is 20.1 Å². The first kappa shape index (κ1) is 15.2. The highest BCUT2D eigenvalue weighted by Crippen LogP contribution is 2.21. The van der Waals surface area contributed by atoms with E-state index in [1.807, 2.05) is 6.92 Å². The highest BCUT2D eigenvalue weighted by Gasteiger charge is 2.28. The molecule has 1 heterocycles. The van der Waals surface area contributed by atoms with E-state index in [0.717, 1.165) is 18.4 Å². The molecule has 1 aromatic carbocycles. The molecule has 114 valence electrons. The first-order valence-electron chi connectivity index (χ1n) is 6.90. The number of primary amides is 1. The van der Waals surface area contributed by atoms with Crippen molar-refractivity contribution in [2.75, 3.05) is 20.3 Å². The molecule has 0 aliphatic carbocycles. The lowest BCUT2D eigenvalue weighted by molar-refractivity contribution is 0.0422. The number of ether oxygens (including phenoxy) is 2. The minimum atomic E-state index is -0.467. The summed E-state index contributed by atoms with van der Waals surface area (Å²) < 4.78 is 10.5. The average Bonchev–Trinajstić information content (AvgIpc) is 2.94. The maximum Gasteiger partial charge on any atom is 0.338 e. The number of rotatable bonds is 4. The zero-order valence-electron chi connectivity index (χ0n) is 12.3. The zero-order valence-corrected chi connectivity index (χ0v) is 12.3. The van der Waals surface area contributed by atoms with Crippen molar-refractivity contribution < 1.29 is 19.1 Å². The van der Waals surface area contributed by atoms with Crippen LogP contribution in [0.2, 0.25) is 0 Å². The second-order valence-corrected chi connectivity index (χ2v) is 5.11. The van der Waals surface area contributed by atoms with Crippen LogP contribution in [0.3, 0.4) is 0 Å². The molecule has 1 fully saturated rings. The summed E-state index contributed by atoms with van der Waals surface area (Å²) in [6.45, 7) is 2.69. The molecule has 1 aliphatic rings. The normalized spacial score (nSPS) is 17.6. The van der Waals surface area contributed by atoms with Gasteiger partial charge in [-0.15, -0.1) is 0 Å². The van der Waals surface area contributed by atoms with E-state index in [0.29, 0.717) is 17.9 Å². The predicted octanol–water partition coefficient (Wildman–Crippen LogP) is 1.70. The third kappa shape index (κ3) is 3.45. The summed E-state index contributed by atoms with van der Waals surface area (Å²) in [6.07, 6.45) is 1.68. The number of carbonyl (C=O) groups excluding carboxylic acids is 2. The lowest BCUT2D eigenvalue weighted by atomic mass is 10.1. The zero-order chi connectivity index (χ0) is 15.4. The molecule has 2 amide bonds. The molecule has 0 saturated carbocycles. The highest BCUT2D eigenvalue weighted by atomic mass is 16.5. The Hall–Kier alpha value is -2.24. The van der Waals surface area contributed by atoms with Gasteiger partial charge in [0.2, 0.25) is 0 Å². The minimum absolute atomic E-state index is 0.126. The van der Waals surface area contributed by atoms with E-state index in [1.165, 1.54) is 0 Å². The van der Waals surface area contributed by atoms with E-state index in [2.05, 4.69) is 0 Å². The molecule has 1 saturated heterocycles. The van der Waals surface area contributed by atoms with Gasteiger partial charge in [0.1, 0.15) is 12.4 Å². The van der Waals surface area contributed by atoms with Gasteiger partial charge in [-0.2, -0.15) is 0 Å². The van der Waals surface area contributed by atoms with Crippen molar-refractivity contribution >= 4 is 12.0 Å². The van der Waals surface area contributed by atoms with Crippen molar-refractivity contribution in [2.45, 2.75) is 25.8 Å². The molecule has 6 heteroatoms. The summed E-state index contributed by atoms with van der Waals surface area (Å²) in [5.41, 5.74) is 6.67. The second-order valence-electron chi connectivity index (χ2n) is 5.11. The molecule has 0 radical (unpaired) electrons. The molecule has 6 nitrogen and oxygen atoms in total. The maximum atomic E-state index is 12.0. The smallest absolute Gasteiger partial charge is 0.338 e. The summed E-state index contributed by atoms with van der Waals surface area (Å²) in [4.78, 5) is 24.8. The Morgan fingerprint density at radius 2 is 2.19 bits per heavy atom. The lowest BCUT2D eigenvalue weighted by Crippen LogP contribution is -2.41. The molecule has 1 aliphatic heterocycles. The number of likely N-dealkylation sites (tertiary alicyclic amines) is 1. The van der Waals surface area contributed by atoms with E-state index in [-0.39, 0.29) is 12.6 Å². The Labute approximate surface area is 123 Å². The SMILES string of the molecule is COc1cc(C(=O)OCC2CCCN2C(N)=O)ccc1C. The van der Waals surface area contributed by atoms with E-state index in [1.54, 1.807) is 30.2 Å². The van der Waals surface area contributed by atoms with Crippen LogP contribution < -0.4 is 10.5 Å². The van der Waals surface area contributed by atoms with Crippen LogP contribution in [0.25, 0.3) is 0 Å². The number of benzene rings is 1. The van der Waals surface area contributed by atoms with Gasteiger partial charge in [-0.05, 0) is 37.5 Å². The molecule has 2 N–H and O–H groups in total. The summed E-state index contributed by atoms with van der Waals surface area (Å²) in [5.74, 6) is 0.216. The summed E-state index contributed by atoms with van der Waals surface area (Å²) >= 11 is 0. The number of aryl methyl sites for hydroxylation is 1. The van der Waals surface area contributed by atoms with Crippen LogP contribution in [0.1, 0.15) is 28.8 Å². The van der Waals surface area contributed by atoms with Gasteiger partial charge in [-0.3, -0.25) is 0 Å². The van der Waals surface area contributed by atoms with Crippen LogP contribution in [-0.4, -0.2) is 43.2 Å². The number of nitrogens with zero attached hydrogens (tertiary/aromatic N) is 1. The molecule has 2 rings (SSSR count). The fraction of sp³-hybridized carbons (Fsp3) is 0.467. The van der Waals surface area contributed by atoms with E-state index in [4.69, 9.17) is 15.2 Å². The van der Waals surface area contributed by atoms with Crippen LogP contribution in [0.5, 0.6) is 5.75 Å². The van der Waals surface area contributed by atoms with Gasteiger partial charge in [-0.25, -0.2) is 9.59 Å². The molecule has 1 aromatic rings. The van der Waals surface area contributed by atoms with Crippen molar-refractivity contribution in [1.29, 1.82) is 0 Å². The first-order chi connectivity index (χ1) is 10.0. The number of hydrogen-bond donors (Lipinski definition) is 1. The van der Waals surface area contributed by atoms with Crippen molar-refractivity contribution in [3.05, 3.63) is 29.3 Å². The van der Waals surface area contributed by atoms with E-state index >= 15 is 0 Å². The summed E-state index contributed by atoms with van der Waals surface area (Å²) in [7, 11) is 1.56. The number of nitrogens with two attached hydrogens (primary N) is 1. The second kappa shape index (κ2) is 6.47. The Bertz CT molecular complexity index is 544. The fourth-order valence-electron chi connectivity index (χ4n) is 2.50. The van der Waals surface area contributed by atoms with Gasteiger partial charge >= 0.3 is 12.0 Å². The quantitative estimate of drug-likeness (QED) is 0.856. The molecule has 1 unspecified atom stereocenters. The summed E-state index contributed by atoms with van der Waals surface area (Å²) in [6, 6.07) is 4.56. The van der Waals surface area contributed by atoms with E-state index < -0.39 is 12.0 Å². The number of urea groups is 1. The predicted molar refractivity (Wildman–Crippen MR) is 77.3 cm³/mol. The van der Waals surface area contributed by atoms with Crippen molar-refractivity contribution in [2.24, 2.45) is 5.73 Å². The number of esters is 1. The van der Waals surface area contributed by atoms with Crippen LogP contribution in [0.4, 0.5) is 4.79 Å². The average molecular weight is 292 g/mol. The van der Waals surface area contributed by atoms with Gasteiger partial charge in [0, 0.05) is 6.54 Å². The number of methoxy groups -OCH3 is 1. The molecule has 0 spiro atoms. The molecular weight excluding hydrogens is 272 g/mol. The molecule has 21 heavy (non-hydrogen) atoms. The fourth-order valence-corrected chi connectivity index (χ4v) is 2.50. The van der Waals surface area contributed by atoms with Crippen LogP contribution >= 0.6 is 0 Å². The third-order valence-electron chi connectivity index (χ3n) is 3.71. The van der Waals surface area contributed by atoms with Gasteiger partial charge in [-0.1, -0.05) is 6.07 Å². The Morgan fingerprint density at radius 3 is 2.86 bits per heavy atom. The topological polar surface area (TPSA) is 81.9 Å². The Balaban J connectivity index is 1.97. The third-order valence-corrected chi connectivity index (χ3v) is 3.71. The van der Waals surface area contributed by atoms with Gasteiger partial charge in [0.25, 0.3) is 0 Å². The monoisotopic (exact) mass is 292 g/mol. The van der Waals surface area contributed by atoms with Crippen molar-refractivity contribution in [3.63, 3.8) is 0 Å². The minimum Gasteiger partial charge on any atom is -0.496 e. The Morgan fingerprint density at radius 1 is 1.43 bits per heavy atom. The standard InChI is InChI=1S/C15H20N2O4/c1-10-5-6-11(8-13(10)20-2)14(18)21-9-12-4-3-7-17(12)15(16)19/h5-6,8,12H,3-4,7,9H2,1-2H3,(H2,16,19). The molecule has 1 atom stereocenters. The highest BCUT2D eigenvalue weighted by molar-refractivity contribution is 5.90. The van der Waals surface area contributed by atoms with Crippen LogP contribution in [0.15, 0.2) is 18.2 Å². The van der Waals surface area contributed by atoms with Crippen LogP contribution in [0, 0.1) is 6.92 Å². The molecular formula is C15H20N2O4. The van der Waals surface area contributed by atoms with Crippen molar-refractivity contribution in [3.8, 4) is 5.75 Å². The number of carbonyl (C=O) groups is 2. The largest absolute Gasteiger partial charge is 0.496 e. The Kier molecular flexibility index (Phi) is 4.67. The maximum absolute atomic E-state index is 12.0. The lowest BCUT2D eigenvalue weighted by Gasteiger charge is -2.22. The number of amides is 2. The van der Waals surface area contributed by atoms with Crippen LogP contribution in [-0.2, 0) is 4.74 Å². The van der Waals surface area contributed by atoms with Gasteiger partial charge in [0.05, 0.1) is 18.7 Å². The molecule has 0 aromatic heterocycles. The van der Waals surface area contributed by atoms with Gasteiger partial charge in [0.15, 0.2) is 0 Å². The van der Waals surface area contributed by atoms with E-state index in [9.17, 15) is 9.59 Å². The first-order valence-corrected chi connectivity index (χ1v) is 6.90. The van der Waals surface area contributed by atoms with Crippen molar-refractivity contribution in [1.82, 2.24) is 4.90 Å². The number of hydrogen-bond acceptors (Lipinski definition) is 4.